The van der Waals surface area contributed by atoms with Crippen LogP contribution >= 0.6 is 0 Å². The number of morpholine rings is 1. The van der Waals surface area contributed by atoms with Gasteiger partial charge in [0.15, 0.2) is 5.82 Å². The molecule has 9 nitrogen and oxygen atoms in total. The molecule has 5 rings (SSSR count). The molecule has 3 aliphatic heterocycles. The molecule has 2 aromatic rings. The Morgan fingerprint density at radius 2 is 1.36 bits per heavy atom. The third kappa shape index (κ3) is 3.59. The maximum atomic E-state index is 5.55. The van der Waals surface area contributed by atoms with E-state index in [1.54, 1.807) is 6.33 Å². The lowest BCUT2D eigenvalue weighted by atomic mass is 10.1. The van der Waals surface area contributed by atoms with Gasteiger partial charge in [0.05, 0.1) is 32.1 Å². The summed E-state index contributed by atoms with van der Waals surface area (Å²) in [6.07, 6.45) is 2.52. The van der Waals surface area contributed by atoms with Gasteiger partial charge in [0.2, 0.25) is 0 Å². The molecule has 5 heterocycles. The minimum absolute atomic E-state index is 0.642. The van der Waals surface area contributed by atoms with E-state index in [0.717, 1.165) is 88.7 Å². The van der Waals surface area contributed by atoms with Crippen LogP contribution in [0.2, 0.25) is 0 Å². The van der Waals surface area contributed by atoms with Gasteiger partial charge in [-0.05, 0) is 6.07 Å². The Labute approximate surface area is 164 Å². The summed E-state index contributed by atoms with van der Waals surface area (Å²) in [6, 6.07) is 4.23. The van der Waals surface area contributed by atoms with Crippen LogP contribution in [0, 0.1) is 0 Å². The SMILES string of the molecule is c1nc(N2CCOCC2)cc(N2CCN(c3cc4c(nn3)CCOC4)CC2)n1. The highest BCUT2D eigenvalue weighted by Gasteiger charge is 2.22. The topological polar surface area (TPSA) is 79.7 Å². The summed E-state index contributed by atoms with van der Waals surface area (Å²) < 4.78 is 11.0. The molecule has 28 heavy (non-hydrogen) atoms. The molecule has 0 spiro atoms. The quantitative estimate of drug-likeness (QED) is 0.753. The van der Waals surface area contributed by atoms with Crippen molar-refractivity contribution in [3.8, 4) is 0 Å². The van der Waals surface area contributed by atoms with Crippen LogP contribution < -0.4 is 14.7 Å². The third-order valence-corrected chi connectivity index (χ3v) is 5.59. The third-order valence-electron chi connectivity index (χ3n) is 5.59. The number of anilines is 3. The molecule has 0 radical (unpaired) electrons. The number of aromatic nitrogens is 4. The van der Waals surface area contributed by atoms with Crippen molar-refractivity contribution in [3.63, 3.8) is 0 Å². The first-order chi connectivity index (χ1) is 13.9. The summed E-state index contributed by atoms with van der Waals surface area (Å²) in [5.74, 6) is 2.91. The Morgan fingerprint density at radius 3 is 2.11 bits per heavy atom. The number of ether oxygens (including phenoxy) is 2. The van der Waals surface area contributed by atoms with Crippen molar-refractivity contribution in [2.75, 3.05) is 73.8 Å². The van der Waals surface area contributed by atoms with Crippen molar-refractivity contribution >= 4 is 17.5 Å². The van der Waals surface area contributed by atoms with Crippen molar-refractivity contribution in [2.45, 2.75) is 13.0 Å². The van der Waals surface area contributed by atoms with Crippen LogP contribution in [0.5, 0.6) is 0 Å². The van der Waals surface area contributed by atoms with Crippen molar-refractivity contribution in [1.82, 2.24) is 20.2 Å². The Balaban J connectivity index is 1.25. The normalized spacial score (nSPS) is 20.2. The molecule has 2 fully saturated rings. The molecule has 0 aliphatic carbocycles. The lowest BCUT2D eigenvalue weighted by Gasteiger charge is -2.36. The Bertz CT molecular complexity index is 820. The van der Waals surface area contributed by atoms with E-state index in [-0.39, 0.29) is 0 Å². The predicted molar refractivity (Wildman–Crippen MR) is 105 cm³/mol. The number of rotatable bonds is 3. The van der Waals surface area contributed by atoms with Crippen LogP contribution in [-0.4, -0.2) is 79.3 Å². The van der Waals surface area contributed by atoms with E-state index in [2.05, 4.69) is 47.0 Å². The lowest BCUT2D eigenvalue weighted by Crippen LogP contribution is -2.47. The van der Waals surface area contributed by atoms with Crippen molar-refractivity contribution < 1.29 is 9.47 Å². The number of piperazine rings is 1. The van der Waals surface area contributed by atoms with Crippen LogP contribution in [0.4, 0.5) is 17.5 Å². The number of nitrogens with zero attached hydrogens (tertiary/aromatic N) is 7. The average molecular weight is 383 g/mol. The van der Waals surface area contributed by atoms with Gasteiger partial charge in [0.25, 0.3) is 0 Å². The zero-order valence-electron chi connectivity index (χ0n) is 16.0. The summed E-state index contributed by atoms with van der Waals surface area (Å²) in [5, 5.41) is 8.86. The van der Waals surface area contributed by atoms with Crippen LogP contribution in [0.1, 0.15) is 11.3 Å². The minimum Gasteiger partial charge on any atom is -0.378 e. The molecule has 2 aromatic heterocycles. The zero-order chi connectivity index (χ0) is 18.8. The molecule has 3 aliphatic rings. The molecule has 148 valence electrons. The molecule has 0 unspecified atom stereocenters. The second-order valence-electron chi connectivity index (χ2n) is 7.28. The summed E-state index contributed by atoms with van der Waals surface area (Å²) in [4.78, 5) is 15.8. The van der Waals surface area contributed by atoms with Gasteiger partial charge in [-0.2, -0.15) is 5.10 Å². The first kappa shape index (κ1) is 17.6. The second-order valence-corrected chi connectivity index (χ2v) is 7.28. The van der Waals surface area contributed by atoms with E-state index < -0.39 is 0 Å². The highest BCUT2D eigenvalue weighted by Crippen LogP contribution is 2.23. The molecule has 0 atom stereocenters. The van der Waals surface area contributed by atoms with Gasteiger partial charge >= 0.3 is 0 Å². The first-order valence-corrected chi connectivity index (χ1v) is 9.95. The summed E-state index contributed by atoms with van der Waals surface area (Å²) in [5.41, 5.74) is 2.25. The Kier molecular flexibility index (Phi) is 4.92. The van der Waals surface area contributed by atoms with Crippen LogP contribution in [-0.2, 0) is 22.5 Å². The fraction of sp³-hybridized carbons (Fsp3) is 0.579. The molecule has 0 bridgehead atoms. The first-order valence-electron chi connectivity index (χ1n) is 9.95. The summed E-state index contributed by atoms with van der Waals surface area (Å²) in [6.45, 7) is 8.24. The van der Waals surface area contributed by atoms with E-state index in [1.807, 2.05) is 0 Å². The monoisotopic (exact) mass is 383 g/mol. The van der Waals surface area contributed by atoms with E-state index in [9.17, 15) is 0 Å². The number of fused-ring (bicyclic) bond motifs is 1. The molecule has 0 amide bonds. The minimum atomic E-state index is 0.642. The van der Waals surface area contributed by atoms with Crippen LogP contribution in [0.15, 0.2) is 18.5 Å². The van der Waals surface area contributed by atoms with Crippen LogP contribution in [0.3, 0.4) is 0 Å². The van der Waals surface area contributed by atoms with Crippen molar-refractivity contribution in [2.24, 2.45) is 0 Å². The fourth-order valence-corrected chi connectivity index (χ4v) is 3.93. The zero-order valence-corrected chi connectivity index (χ0v) is 16.0. The van der Waals surface area contributed by atoms with Gasteiger partial charge in [-0.25, -0.2) is 9.97 Å². The highest BCUT2D eigenvalue weighted by atomic mass is 16.5. The Morgan fingerprint density at radius 1 is 0.679 bits per heavy atom. The molecule has 0 saturated carbocycles. The van der Waals surface area contributed by atoms with E-state index >= 15 is 0 Å². The van der Waals surface area contributed by atoms with E-state index in [4.69, 9.17) is 9.47 Å². The fourth-order valence-electron chi connectivity index (χ4n) is 3.93. The van der Waals surface area contributed by atoms with Gasteiger partial charge < -0.3 is 24.2 Å². The van der Waals surface area contributed by atoms with Gasteiger partial charge in [-0.3, -0.25) is 0 Å². The average Bonchev–Trinajstić information content (AvgIpc) is 2.79. The molecule has 9 heteroatoms. The van der Waals surface area contributed by atoms with Crippen molar-refractivity contribution in [3.05, 3.63) is 29.7 Å². The number of hydrogen-bond donors (Lipinski definition) is 0. The summed E-state index contributed by atoms with van der Waals surface area (Å²) >= 11 is 0. The van der Waals surface area contributed by atoms with Gasteiger partial charge in [0, 0.05) is 57.3 Å². The molecule has 0 N–H and O–H groups in total. The largest absolute Gasteiger partial charge is 0.378 e. The lowest BCUT2D eigenvalue weighted by molar-refractivity contribution is 0.109. The number of hydrogen-bond acceptors (Lipinski definition) is 9. The van der Waals surface area contributed by atoms with E-state index in [1.165, 1.54) is 5.56 Å². The maximum Gasteiger partial charge on any atom is 0.151 e. The van der Waals surface area contributed by atoms with Crippen molar-refractivity contribution in [1.29, 1.82) is 0 Å². The standard InChI is InChI=1S/C19H25N7O2/c1-8-28-13-15-11-19(23-22-16(1)15)25-4-2-24(3-5-25)17-12-18(21-14-20-17)26-6-9-27-10-7-26/h11-12,14H,1-10,13H2. The highest BCUT2D eigenvalue weighted by molar-refractivity contribution is 5.52. The molecule has 2 saturated heterocycles. The second kappa shape index (κ2) is 7.84. The van der Waals surface area contributed by atoms with Crippen LogP contribution in [0.25, 0.3) is 0 Å². The van der Waals surface area contributed by atoms with E-state index in [0.29, 0.717) is 6.61 Å². The summed E-state index contributed by atoms with van der Waals surface area (Å²) in [7, 11) is 0. The predicted octanol–water partition coefficient (Wildman–Crippen LogP) is 0.503. The molecular formula is C19H25N7O2. The maximum absolute atomic E-state index is 5.55. The molecule has 0 aromatic carbocycles. The van der Waals surface area contributed by atoms with Gasteiger partial charge in [0.1, 0.15) is 18.0 Å². The van der Waals surface area contributed by atoms with Gasteiger partial charge in [-0.1, -0.05) is 0 Å². The Hall–Kier alpha value is -2.52. The molecular weight excluding hydrogens is 358 g/mol. The van der Waals surface area contributed by atoms with Gasteiger partial charge in [-0.15, -0.1) is 5.10 Å². The smallest absolute Gasteiger partial charge is 0.151 e.